The standard InChI is InChI=1S/C15H11ClO2/c16-13-6-3-5-12(10-13)15(18)9-8-11-4-1-2-7-14(11)17/h1-10,17H/b9-8+. The first-order valence-corrected chi connectivity index (χ1v) is 5.80. The summed E-state index contributed by atoms with van der Waals surface area (Å²) < 4.78 is 0. The van der Waals surface area contributed by atoms with Crippen LogP contribution in [-0.4, -0.2) is 10.9 Å². The highest BCUT2D eigenvalue weighted by atomic mass is 35.5. The first-order valence-electron chi connectivity index (χ1n) is 5.43. The summed E-state index contributed by atoms with van der Waals surface area (Å²) in [6, 6.07) is 13.6. The van der Waals surface area contributed by atoms with Crippen molar-refractivity contribution in [1.82, 2.24) is 0 Å². The van der Waals surface area contributed by atoms with E-state index in [-0.39, 0.29) is 11.5 Å². The predicted octanol–water partition coefficient (Wildman–Crippen LogP) is 3.94. The van der Waals surface area contributed by atoms with Gasteiger partial charge in [-0.25, -0.2) is 0 Å². The summed E-state index contributed by atoms with van der Waals surface area (Å²) in [6.45, 7) is 0. The lowest BCUT2D eigenvalue weighted by atomic mass is 10.1. The number of phenols is 1. The SMILES string of the molecule is O=C(/C=C/c1ccccc1O)c1cccc(Cl)c1. The molecule has 0 amide bonds. The van der Waals surface area contributed by atoms with E-state index in [1.54, 1.807) is 54.6 Å². The fourth-order valence-corrected chi connectivity index (χ4v) is 1.72. The van der Waals surface area contributed by atoms with Gasteiger partial charge in [0.05, 0.1) is 0 Å². The molecule has 0 aromatic heterocycles. The Morgan fingerprint density at radius 1 is 1.11 bits per heavy atom. The zero-order valence-electron chi connectivity index (χ0n) is 9.51. The summed E-state index contributed by atoms with van der Waals surface area (Å²) in [6.07, 6.45) is 3.00. The van der Waals surface area contributed by atoms with Crippen molar-refractivity contribution in [2.75, 3.05) is 0 Å². The number of benzene rings is 2. The number of aromatic hydroxyl groups is 1. The maximum Gasteiger partial charge on any atom is 0.185 e. The molecule has 0 heterocycles. The van der Waals surface area contributed by atoms with Gasteiger partial charge in [-0.1, -0.05) is 41.9 Å². The van der Waals surface area contributed by atoms with E-state index < -0.39 is 0 Å². The smallest absolute Gasteiger partial charge is 0.185 e. The van der Waals surface area contributed by atoms with Crippen LogP contribution in [-0.2, 0) is 0 Å². The van der Waals surface area contributed by atoms with Crippen LogP contribution in [0.5, 0.6) is 5.75 Å². The molecule has 0 spiro atoms. The number of carbonyl (C=O) groups excluding carboxylic acids is 1. The molecule has 0 unspecified atom stereocenters. The van der Waals surface area contributed by atoms with Gasteiger partial charge in [0.1, 0.15) is 5.75 Å². The van der Waals surface area contributed by atoms with Crippen molar-refractivity contribution < 1.29 is 9.90 Å². The summed E-state index contributed by atoms with van der Waals surface area (Å²) in [5.74, 6) is -0.00611. The lowest BCUT2D eigenvalue weighted by Gasteiger charge is -1.98. The first kappa shape index (κ1) is 12.4. The summed E-state index contributed by atoms with van der Waals surface area (Å²) >= 11 is 5.81. The van der Waals surface area contributed by atoms with Gasteiger partial charge in [-0.15, -0.1) is 0 Å². The van der Waals surface area contributed by atoms with Crippen molar-refractivity contribution >= 4 is 23.5 Å². The molecule has 0 atom stereocenters. The Hall–Kier alpha value is -2.06. The van der Waals surface area contributed by atoms with Crippen molar-refractivity contribution in [3.05, 3.63) is 70.8 Å². The molecule has 0 aliphatic carbocycles. The molecule has 2 aromatic rings. The van der Waals surface area contributed by atoms with Crippen LogP contribution < -0.4 is 0 Å². The number of hydrogen-bond acceptors (Lipinski definition) is 2. The van der Waals surface area contributed by atoms with Crippen LogP contribution in [0.25, 0.3) is 6.08 Å². The topological polar surface area (TPSA) is 37.3 Å². The van der Waals surface area contributed by atoms with Crippen LogP contribution in [0, 0.1) is 0 Å². The predicted molar refractivity (Wildman–Crippen MR) is 72.9 cm³/mol. The zero-order valence-corrected chi connectivity index (χ0v) is 10.3. The molecule has 2 aromatic carbocycles. The fourth-order valence-electron chi connectivity index (χ4n) is 1.53. The molecule has 2 nitrogen and oxygen atoms in total. The fraction of sp³-hybridized carbons (Fsp3) is 0. The van der Waals surface area contributed by atoms with Crippen LogP contribution in [0.2, 0.25) is 5.02 Å². The minimum Gasteiger partial charge on any atom is -0.507 e. The number of para-hydroxylation sites is 1. The van der Waals surface area contributed by atoms with Crippen molar-refractivity contribution in [3.63, 3.8) is 0 Å². The van der Waals surface area contributed by atoms with E-state index in [9.17, 15) is 9.90 Å². The third-order valence-electron chi connectivity index (χ3n) is 2.46. The molecule has 0 aliphatic rings. The minimum absolute atomic E-state index is 0.146. The van der Waals surface area contributed by atoms with Gasteiger partial charge in [0.2, 0.25) is 0 Å². The van der Waals surface area contributed by atoms with Crippen LogP contribution >= 0.6 is 11.6 Å². The van der Waals surface area contributed by atoms with E-state index in [4.69, 9.17) is 11.6 Å². The van der Waals surface area contributed by atoms with E-state index in [0.29, 0.717) is 16.1 Å². The molecule has 90 valence electrons. The number of hydrogen-bond donors (Lipinski definition) is 1. The Morgan fingerprint density at radius 3 is 2.61 bits per heavy atom. The van der Waals surface area contributed by atoms with Gasteiger partial charge in [-0.2, -0.15) is 0 Å². The molecule has 0 saturated carbocycles. The summed E-state index contributed by atoms with van der Waals surface area (Å²) in [5.41, 5.74) is 1.13. The third-order valence-corrected chi connectivity index (χ3v) is 2.70. The van der Waals surface area contributed by atoms with E-state index in [2.05, 4.69) is 0 Å². The van der Waals surface area contributed by atoms with Crippen molar-refractivity contribution in [2.45, 2.75) is 0 Å². The molecule has 2 rings (SSSR count). The summed E-state index contributed by atoms with van der Waals surface area (Å²) in [4.78, 5) is 11.9. The number of carbonyl (C=O) groups is 1. The number of halogens is 1. The average Bonchev–Trinajstić information content (AvgIpc) is 2.37. The summed E-state index contributed by atoms with van der Waals surface area (Å²) in [5, 5.41) is 10.1. The first-order chi connectivity index (χ1) is 8.66. The van der Waals surface area contributed by atoms with Gasteiger partial charge >= 0.3 is 0 Å². The van der Waals surface area contributed by atoms with Gasteiger partial charge in [-0.3, -0.25) is 4.79 Å². The largest absolute Gasteiger partial charge is 0.507 e. The second-order valence-corrected chi connectivity index (χ2v) is 4.20. The van der Waals surface area contributed by atoms with Gasteiger partial charge in [-0.05, 0) is 30.4 Å². The Morgan fingerprint density at radius 2 is 1.89 bits per heavy atom. The molecule has 0 bridgehead atoms. The monoisotopic (exact) mass is 258 g/mol. The number of phenolic OH excluding ortho intramolecular Hbond substituents is 1. The Bertz CT molecular complexity index is 603. The molecule has 0 saturated heterocycles. The Balaban J connectivity index is 2.20. The van der Waals surface area contributed by atoms with Crippen molar-refractivity contribution in [2.24, 2.45) is 0 Å². The van der Waals surface area contributed by atoms with Crippen molar-refractivity contribution in [1.29, 1.82) is 0 Å². The molecule has 0 radical (unpaired) electrons. The molecule has 0 fully saturated rings. The molecule has 1 N–H and O–H groups in total. The second kappa shape index (κ2) is 5.52. The maximum atomic E-state index is 11.9. The molecule has 0 aliphatic heterocycles. The van der Waals surface area contributed by atoms with Crippen LogP contribution in [0.3, 0.4) is 0 Å². The Kier molecular flexibility index (Phi) is 3.80. The lowest BCUT2D eigenvalue weighted by molar-refractivity contribution is 0.104. The minimum atomic E-state index is -0.152. The zero-order chi connectivity index (χ0) is 13.0. The van der Waals surface area contributed by atoms with E-state index in [1.807, 2.05) is 0 Å². The quantitative estimate of drug-likeness (QED) is 0.669. The Labute approximate surface area is 110 Å². The number of ketones is 1. The number of allylic oxidation sites excluding steroid dienone is 1. The number of rotatable bonds is 3. The lowest BCUT2D eigenvalue weighted by Crippen LogP contribution is -1.93. The van der Waals surface area contributed by atoms with Crippen LogP contribution in [0.4, 0.5) is 0 Å². The van der Waals surface area contributed by atoms with E-state index >= 15 is 0 Å². The van der Waals surface area contributed by atoms with Gasteiger partial charge in [0.15, 0.2) is 5.78 Å². The maximum absolute atomic E-state index is 11.9. The second-order valence-electron chi connectivity index (χ2n) is 3.77. The van der Waals surface area contributed by atoms with E-state index in [1.165, 1.54) is 6.08 Å². The van der Waals surface area contributed by atoms with Gasteiger partial charge in [0, 0.05) is 16.1 Å². The van der Waals surface area contributed by atoms with Crippen LogP contribution in [0.15, 0.2) is 54.6 Å². The highest BCUT2D eigenvalue weighted by molar-refractivity contribution is 6.31. The molecular formula is C15H11ClO2. The van der Waals surface area contributed by atoms with E-state index in [0.717, 1.165) is 0 Å². The highest BCUT2D eigenvalue weighted by Gasteiger charge is 2.02. The molecule has 3 heteroatoms. The summed E-state index contributed by atoms with van der Waals surface area (Å²) in [7, 11) is 0. The van der Waals surface area contributed by atoms with Gasteiger partial charge < -0.3 is 5.11 Å². The molecular weight excluding hydrogens is 248 g/mol. The van der Waals surface area contributed by atoms with Crippen LogP contribution in [0.1, 0.15) is 15.9 Å². The van der Waals surface area contributed by atoms with Gasteiger partial charge in [0.25, 0.3) is 0 Å². The van der Waals surface area contributed by atoms with Crippen molar-refractivity contribution in [3.8, 4) is 5.75 Å². The average molecular weight is 259 g/mol. The third kappa shape index (κ3) is 2.99. The highest BCUT2D eigenvalue weighted by Crippen LogP contribution is 2.18. The molecule has 18 heavy (non-hydrogen) atoms. The normalized spacial score (nSPS) is 10.7.